The van der Waals surface area contributed by atoms with E-state index >= 15 is 0 Å². The number of rotatable bonds is 2. The molecule has 0 aliphatic carbocycles. The molecule has 1 aromatic heterocycles. The lowest BCUT2D eigenvalue weighted by Crippen LogP contribution is -2.44. The van der Waals surface area contributed by atoms with Crippen LogP contribution in [0.1, 0.15) is 26.1 Å². The fourth-order valence-electron chi connectivity index (χ4n) is 1.98. The fraction of sp³-hybridized carbons (Fsp3) is 0.700. The zero-order valence-electron chi connectivity index (χ0n) is 10.6. The molecule has 1 fully saturated rings. The lowest BCUT2D eigenvalue weighted by atomic mass is 10.2. The maximum absolute atomic E-state index is 12.1. The van der Waals surface area contributed by atoms with Gasteiger partial charge in [0.05, 0.1) is 13.6 Å². The van der Waals surface area contributed by atoms with Crippen molar-refractivity contribution in [3.05, 3.63) is 5.82 Å². The van der Waals surface area contributed by atoms with Gasteiger partial charge in [-0.1, -0.05) is 0 Å². The molecule has 0 radical (unpaired) electrons. The van der Waals surface area contributed by atoms with E-state index in [0.29, 0.717) is 5.82 Å². The summed E-state index contributed by atoms with van der Waals surface area (Å²) in [6.07, 6.45) is 0.288. The topological polar surface area (TPSA) is 93.0 Å². The molecule has 2 heterocycles. The fourth-order valence-corrected chi connectivity index (χ4v) is 1.98. The predicted molar refractivity (Wildman–Crippen MR) is 61.0 cm³/mol. The van der Waals surface area contributed by atoms with Crippen LogP contribution in [0.25, 0.3) is 0 Å². The summed E-state index contributed by atoms with van der Waals surface area (Å²) in [6.45, 7) is 3.79. The number of nitrogens with zero attached hydrogens (tertiary/aromatic N) is 5. The van der Waals surface area contributed by atoms with Crippen molar-refractivity contribution in [1.29, 1.82) is 0 Å². The van der Waals surface area contributed by atoms with Gasteiger partial charge in [0.15, 0.2) is 5.82 Å². The molecule has 98 valence electrons. The van der Waals surface area contributed by atoms with Crippen molar-refractivity contribution in [1.82, 2.24) is 30.4 Å². The molecule has 2 unspecified atom stereocenters. The lowest BCUT2D eigenvalue weighted by Gasteiger charge is -2.26. The van der Waals surface area contributed by atoms with E-state index in [9.17, 15) is 9.59 Å². The summed E-state index contributed by atoms with van der Waals surface area (Å²) in [5, 5.41) is 14.3. The van der Waals surface area contributed by atoms with Crippen molar-refractivity contribution in [3.8, 4) is 0 Å². The molecular weight excluding hydrogens is 236 g/mol. The molecule has 2 rings (SSSR count). The van der Waals surface area contributed by atoms with E-state index in [0.717, 1.165) is 0 Å². The minimum absolute atomic E-state index is 0.113. The Kier molecular flexibility index (Phi) is 3.26. The molecule has 0 spiro atoms. The average Bonchev–Trinajstić information content (AvgIpc) is 2.66. The molecule has 1 aliphatic rings. The Balaban J connectivity index is 2.18. The standard InChI is InChI=1S/C10H16N6O2/c1-6-4-9(17)11-7(2)10(18)16(6)5-8-12-14-15(3)13-8/h6-7H,4-5H2,1-3H3,(H,11,17). The average molecular weight is 252 g/mol. The minimum atomic E-state index is -0.515. The van der Waals surface area contributed by atoms with Gasteiger partial charge >= 0.3 is 0 Å². The molecule has 8 nitrogen and oxygen atoms in total. The molecule has 18 heavy (non-hydrogen) atoms. The first-order chi connectivity index (χ1) is 8.47. The second kappa shape index (κ2) is 4.71. The highest BCUT2D eigenvalue weighted by atomic mass is 16.2. The highest BCUT2D eigenvalue weighted by molar-refractivity contribution is 5.90. The number of nitrogens with one attached hydrogen (secondary N) is 1. The van der Waals surface area contributed by atoms with Crippen molar-refractivity contribution in [2.45, 2.75) is 38.9 Å². The molecule has 1 aromatic rings. The molecular formula is C10H16N6O2. The third kappa shape index (κ3) is 2.47. The molecule has 2 amide bonds. The van der Waals surface area contributed by atoms with Crippen LogP contribution in [0.15, 0.2) is 0 Å². The lowest BCUT2D eigenvalue weighted by molar-refractivity contribution is -0.135. The van der Waals surface area contributed by atoms with Crippen molar-refractivity contribution >= 4 is 11.8 Å². The Bertz CT molecular complexity index is 471. The highest BCUT2D eigenvalue weighted by Gasteiger charge is 2.32. The first-order valence-electron chi connectivity index (χ1n) is 5.80. The van der Waals surface area contributed by atoms with Crippen LogP contribution in [0.4, 0.5) is 0 Å². The number of hydrogen-bond donors (Lipinski definition) is 1. The Morgan fingerprint density at radius 3 is 2.72 bits per heavy atom. The summed E-state index contributed by atoms with van der Waals surface area (Å²) in [5.41, 5.74) is 0. The van der Waals surface area contributed by atoms with Gasteiger partial charge in [0.25, 0.3) is 0 Å². The Labute approximate surface area is 104 Å². The predicted octanol–water partition coefficient (Wildman–Crippen LogP) is -1.16. The van der Waals surface area contributed by atoms with Gasteiger partial charge < -0.3 is 10.2 Å². The van der Waals surface area contributed by atoms with Gasteiger partial charge in [-0.25, -0.2) is 0 Å². The third-order valence-corrected chi connectivity index (χ3v) is 2.91. The second-order valence-corrected chi connectivity index (χ2v) is 4.50. The van der Waals surface area contributed by atoms with E-state index < -0.39 is 6.04 Å². The smallest absolute Gasteiger partial charge is 0.245 e. The van der Waals surface area contributed by atoms with Crippen LogP contribution in [0.5, 0.6) is 0 Å². The normalized spacial score (nSPS) is 24.9. The number of aromatic nitrogens is 4. The summed E-state index contributed by atoms with van der Waals surface area (Å²) in [7, 11) is 1.66. The van der Waals surface area contributed by atoms with E-state index in [1.54, 1.807) is 18.9 Å². The summed E-state index contributed by atoms with van der Waals surface area (Å²) in [4.78, 5) is 26.6. The largest absolute Gasteiger partial charge is 0.345 e. The zero-order chi connectivity index (χ0) is 13.3. The molecule has 1 aliphatic heterocycles. The van der Waals surface area contributed by atoms with Gasteiger partial charge in [0.2, 0.25) is 11.8 Å². The van der Waals surface area contributed by atoms with Crippen LogP contribution >= 0.6 is 0 Å². The van der Waals surface area contributed by atoms with E-state index in [4.69, 9.17) is 0 Å². The van der Waals surface area contributed by atoms with Gasteiger partial charge in [-0.05, 0) is 19.1 Å². The Morgan fingerprint density at radius 1 is 1.39 bits per heavy atom. The number of aryl methyl sites for hydroxylation is 1. The van der Waals surface area contributed by atoms with Crippen molar-refractivity contribution in [2.24, 2.45) is 7.05 Å². The van der Waals surface area contributed by atoms with Crippen LogP contribution < -0.4 is 5.32 Å². The number of hydrogen-bond acceptors (Lipinski definition) is 5. The van der Waals surface area contributed by atoms with Crippen LogP contribution in [-0.2, 0) is 23.2 Å². The quantitative estimate of drug-likeness (QED) is 0.716. The monoisotopic (exact) mass is 252 g/mol. The van der Waals surface area contributed by atoms with Crippen molar-refractivity contribution in [2.75, 3.05) is 0 Å². The zero-order valence-corrected chi connectivity index (χ0v) is 10.6. The molecule has 8 heteroatoms. The van der Waals surface area contributed by atoms with Gasteiger partial charge in [-0.3, -0.25) is 9.59 Å². The highest BCUT2D eigenvalue weighted by Crippen LogP contribution is 2.13. The Hall–Kier alpha value is -1.99. The van der Waals surface area contributed by atoms with Gasteiger partial charge in [0, 0.05) is 12.5 Å². The maximum Gasteiger partial charge on any atom is 0.245 e. The summed E-state index contributed by atoms with van der Waals surface area (Å²) in [6, 6.07) is -0.689. The first kappa shape index (κ1) is 12.5. The Morgan fingerprint density at radius 2 is 2.11 bits per heavy atom. The first-order valence-corrected chi connectivity index (χ1v) is 5.80. The molecule has 0 bridgehead atoms. The van der Waals surface area contributed by atoms with E-state index in [-0.39, 0.29) is 30.8 Å². The van der Waals surface area contributed by atoms with Crippen LogP contribution in [-0.4, -0.2) is 49.0 Å². The third-order valence-electron chi connectivity index (χ3n) is 2.91. The van der Waals surface area contributed by atoms with Crippen LogP contribution in [0.3, 0.4) is 0 Å². The van der Waals surface area contributed by atoms with Gasteiger partial charge in [-0.2, -0.15) is 4.80 Å². The number of carbonyl (C=O) groups excluding carboxylic acids is 2. The van der Waals surface area contributed by atoms with Gasteiger partial charge in [-0.15, -0.1) is 10.2 Å². The number of carbonyl (C=O) groups is 2. The molecule has 1 saturated heterocycles. The van der Waals surface area contributed by atoms with Crippen LogP contribution in [0.2, 0.25) is 0 Å². The molecule has 0 saturated carbocycles. The minimum Gasteiger partial charge on any atom is -0.345 e. The molecule has 0 aromatic carbocycles. The van der Waals surface area contributed by atoms with E-state index in [2.05, 4.69) is 20.7 Å². The summed E-state index contributed by atoms with van der Waals surface area (Å²) in [5.74, 6) is 0.234. The number of tetrazole rings is 1. The molecule has 1 N–H and O–H groups in total. The maximum atomic E-state index is 12.1. The van der Waals surface area contributed by atoms with Gasteiger partial charge in [0.1, 0.15) is 6.04 Å². The van der Waals surface area contributed by atoms with Crippen LogP contribution in [0, 0.1) is 0 Å². The van der Waals surface area contributed by atoms with Crippen molar-refractivity contribution in [3.63, 3.8) is 0 Å². The van der Waals surface area contributed by atoms with Crippen molar-refractivity contribution < 1.29 is 9.59 Å². The summed E-state index contributed by atoms with van der Waals surface area (Å²) < 4.78 is 0. The summed E-state index contributed by atoms with van der Waals surface area (Å²) >= 11 is 0. The van der Waals surface area contributed by atoms with E-state index in [1.807, 2.05) is 6.92 Å². The number of amides is 2. The SMILES string of the molecule is CC1NC(=O)CC(C)N(Cc2nnn(C)n2)C1=O. The molecule has 2 atom stereocenters. The van der Waals surface area contributed by atoms with E-state index in [1.165, 1.54) is 4.80 Å². The second-order valence-electron chi connectivity index (χ2n) is 4.50.